The molecular formula is C67H53F3N14O7S5. The summed E-state index contributed by atoms with van der Waals surface area (Å²) in [6, 6.07) is 49.5. The molecule has 0 saturated carbocycles. The summed E-state index contributed by atoms with van der Waals surface area (Å²) >= 11 is 2.70. The molecule has 0 aliphatic carbocycles. The molecule has 0 spiro atoms. The number of nitrogens with zero attached hydrogens (tertiary/aromatic N) is 8. The molecule has 6 N–H and O–H groups in total. The van der Waals surface area contributed by atoms with E-state index in [2.05, 4.69) is 68.8 Å². The summed E-state index contributed by atoms with van der Waals surface area (Å²) in [4.78, 5) is 25.8. The Labute approximate surface area is 556 Å². The Morgan fingerprint density at radius 3 is 1.18 bits per heavy atom. The van der Waals surface area contributed by atoms with Gasteiger partial charge < -0.3 is 20.7 Å². The second kappa shape index (κ2) is 27.2. The van der Waals surface area contributed by atoms with Gasteiger partial charge in [-0.2, -0.15) is 8.75 Å². The molecule has 9 aromatic carbocycles. The number of ether oxygens (including phenoxy) is 1. The van der Waals surface area contributed by atoms with Crippen molar-refractivity contribution in [1.29, 1.82) is 0 Å². The largest absolute Gasteiger partial charge is 0.497 e. The second-order valence-corrected chi connectivity index (χ2v) is 27.8. The van der Waals surface area contributed by atoms with Crippen LogP contribution in [0.5, 0.6) is 5.75 Å². The Kier molecular flexibility index (Phi) is 18.4. The molecule has 5 heterocycles. The summed E-state index contributed by atoms with van der Waals surface area (Å²) in [5, 5.41) is 15.1. The minimum atomic E-state index is -4.26. The summed E-state index contributed by atoms with van der Waals surface area (Å²) in [6.45, 7) is 6.82. The molecule has 0 aliphatic rings. The van der Waals surface area contributed by atoms with Gasteiger partial charge in [0.05, 0.1) is 56.1 Å². The maximum absolute atomic E-state index is 14.4. The van der Waals surface area contributed by atoms with E-state index in [4.69, 9.17) is 4.74 Å². The average Bonchev–Trinajstić information content (AvgIpc) is 0.879. The SMILES string of the molecule is COc1ccc(C)c(Nc2nc3ccccc3nc2NS(=O)(=O)c2ccc(C)cc2F)c1.Cc1ccc(S(=O)(=O)Nc2nc3ccccc3nc2Nc2ccc3nscc3c2)c(F)c1.Cc1ccc(S(=O)(=O)Nc2nc3ccccc3nc2Nc2ccc3nscc3c2)cc1F. The lowest BCUT2D eigenvalue weighted by Gasteiger charge is -2.16. The number of methoxy groups -OCH3 is 1. The molecule has 96 heavy (non-hydrogen) atoms. The first-order valence-corrected chi connectivity index (χ1v) is 35.0. The zero-order valence-corrected chi connectivity index (χ0v) is 55.2. The maximum Gasteiger partial charge on any atom is 0.266 e. The van der Waals surface area contributed by atoms with Gasteiger partial charge >= 0.3 is 0 Å². The standard InChI is InChI=1S/C23H21FN4O3S.2C22H16FN5O2S2/c1-14-8-11-21(17(24)12-14)32(29,30)28-23-22(25-18-6-4-5-7-19(18)26-23)27-20-13-16(31-3)10-9-15(20)2;1-13-6-9-20(16(23)10-13)32(29,30)28-22-21(25-18-4-2-3-5-19(18)26-22)24-15-7-8-17-14(11-15)12-31-27-17;1-13-6-8-16(11-17(13)23)32(29,30)28-22-21(25-19-4-2-3-5-20(19)26-22)24-15-7-9-18-14(10-15)12-31-27-18/h4-13H,1-3H3,(H,25,27)(H,26,28);2*2-12H,1H3,(H,24,25)(H,26,28). The van der Waals surface area contributed by atoms with Crippen LogP contribution in [0, 0.1) is 45.1 Å². The summed E-state index contributed by atoms with van der Waals surface area (Å²) in [5.74, 6) is -1.14. The van der Waals surface area contributed by atoms with E-state index in [0.29, 0.717) is 72.6 Å². The summed E-state index contributed by atoms with van der Waals surface area (Å²) in [7, 11) is -11.1. The van der Waals surface area contributed by atoms with Crippen LogP contribution in [-0.2, 0) is 30.1 Å². The highest BCUT2D eigenvalue weighted by molar-refractivity contribution is 7.93. The van der Waals surface area contributed by atoms with E-state index in [1.165, 1.54) is 71.6 Å². The van der Waals surface area contributed by atoms with Crippen LogP contribution in [0.1, 0.15) is 22.3 Å². The Bertz CT molecular complexity index is 5700. The first-order chi connectivity index (χ1) is 46.0. The van der Waals surface area contributed by atoms with Gasteiger partial charge in [0.1, 0.15) is 33.0 Å². The third-order valence-electron chi connectivity index (χ3n) is 14.6. The van der Waals surface area contributed by atoms with E-state index in [0.717, 1.165) is 33.4 Å². The molecule has 14 rings (SSSR count). The number of para-hydroxylation sites is 6. The molecule has 0 radical (unpaired) electrons. The number of aryl methyl sites for hydroxylation is 4. The van der Waals surface area contributed by atoms with Gasteiger partial charge in [0, 0.05) is 44.7 Å². The Hall–Kier alpha value is -11.0. The number of fused-ring (bicyclic) bond motifs is 5. The molecule has 21 nitrogen and oxygen atoms in total. The van der Waals surface area contributed by atoms with Crippen molar-refractivity contribution in [3.8, 4) is 5.75 Å². The predicted octanol–water partition coefficient (Wildman–Crippen LogP) is 15.4. The number of hydrogen-bond donors (Lipinski definition) is 6. The van der Waals surface area contributed by atoms with Crippen molar-refractivity contribution in [2.24, 2.45) is 0 Å². The summed E-state index contributed by atoms with van der Waals surface area (Å²) in [6.07, 6.45) is 0. The topological polar surface area (TPSA) is 287 Å². The van der Waals surface area contributed by atoms with Gasteiger partial charge in [0.25, 0.3) is 30.1 Å². The second-order valence-electron chi connectivity index (χ2n) is 21.6. The number of hydrogen-bond acceptors (Lipinski definition) is 20. The number of halogens is 3. The number of rotatable bonds is 16. The lowest BCUT2D eigenvalue weighted by atomic mass is 10.2. The van der Waals surface area contributed by atoms with Crippen LogP contribution in [0.3, 0.4) is 0 Å². The maximum atomic E-state index is 14.4. The molecule has 0 saturated heterocycles. The van der Waals surface area contributed by atoms with Crippen LogP contribution in [0.4, 0.5) is 65.1 Å². The highest BCUT2D eigenvalue weighted by Crippen LogP contribution is 2.34. The monoisotopic (exact) mass is 1380 g/mol. The molecule has 0 unspecified atom stereocenters. The van der Waals surface area contributed by atoms with Crippen molar-refractivity contribution in [1.82, 2.24) is 38.7 Å². The molecule has 14 aromatic rings. The summed E-state index contributed by atoms with van der Waals surface area (Å²) < 4.78 is 142. The van der Waals surface area contributed by atoms with Gasteiger partial charge in [0.2, 0.25) is 0 Å². The van der Waals surface area contributed by atoms with Crippen molar-refractivity contribution in [2.75, 3.05) is 37.2 Å². The van der Waals surface area contributed by atoms with E-state index in [9.17, 15) is 38.4 Å². The zero-order chi connectivity index (χ0) is 67.5. The van der Waals surface area contributed by atoms with Crippen molar-refractivity contribution in [3.63, 3.8) is 0 Å². The van der Waals surface area contributed by atoms with Crippen LogP contribution in [0.2, 0.25) is 0 Å². The lowest BCUT2D eigenvalue weighted by Crippen LogP contribution is -2.17. The van der Waals surface area contributed by atoms with Gasteiger partial charge in [-0.15, -0.1) is 0 Å². The summed E-state index contributed by atoms with van der Waals surface area (Å²) in [5.41, 5.74) is 9.50. The smallest absolute Gasteiger partial charge is 0.266 e. The van der Waals surface area contributed by atoms with E-state index < -0.39 is 57.3 Å². The van der Waals surface area contributed by atoms with E-state index >= 15 is 0 Å². The van der Waals surface area contributed by atoms with Gasteiger partial charge in [-0.25, -0.2) is 68.3 Å². The number of aromatic nitrogens is 8. The zero-order valence-electron chi connectivity index (χ0n) is 51.1. The molecule has 29 heteroatoms. The highest BCUT2D eigenvalue weighted by Gasteiger charge is 2.26. The van der Waals surface area contributed by atoms with Gasteiger partial charge in [-0.3, -0.25) is 14.2 Å². The minimum absolute atomic E-state index is 0.00761. The van der Waals surface area contributed by atoms with E-state index in [1.807, 2.05) is 84.4 Å². The van der Waals surface area contributed by atoms with Gasteiger partial charge in [-0.1, -0.05) is 60.7 Å². The van der Waals surface area contributed by atoms with Crippen molar-refractivity contribution < 1.29 is 43.2 Å². The number of anilines is 9. The van der Waals surface area contributed by atoms with Crippen molar-refractivity contribution in [3.05, 3.63) is 232 Å². The fraction of sp³-hybridized carbons (Fsp3) is 0.0746. The Balaban J connectivity index is 0.000000138. The third-order valence-corrected chi connectivity index (χ3v) is 20.0. The van der Waals surface area contributed by atoms with Gasteiger partial charge in [-0.05, 0) is 188 Å². The fourth-order valence-electron chi connectivity index (χ4n) is 9.58. The molecule has 0 bridgehead atoms. The molecular weight excluding hydrogens is 1330 g/mol. The minimum Gasteiger partial charge on any atom is -0.497 e. The van der Waals surface area contributed by atoms with Crippen LogP contribution in [0.15, 0.2) is 207 Å². The van der Waals surface area contributed by atoms with Crippen LogP contribution in [0.25, 0.3) is 54.9 Å². The van der Waals surface area contributed by atoms with Crippen LogP contribution < -0.4 is 34.9 Å². The van der Waals surface area contributed by atoms with Crippen molar-refractivity contribution in [2.45, 2.75) is 42.4 Å². The Morgan fingerprint density at radius 1 is 0.375 bits per heavy atom. The number of nitrogens with one attached hydrogen (secondary N) is 6. The van der Waals surface area contributed by atoms with Crippen LogP contribution >= 0.6 is 23.1 Å². The quantitative estimate of drug-likeness (QED) is 0.0524. The molecule has 0 atom stereocenters. The highest BCUT2D eigenvalue weighted by atomic mass is 32.2. The first-order valence-electron chi connectivity index (χ1n) is 28.9. The number of benzene rings is 9. The van der Waals surface area contributed by atoms with Gasteiger partial charge in [0.15, 0.2) is 34.9 Å². The third kappa shape index (κ3) is 14.7. The average molecular weight is 1380 g/mol. The molecule has 0 aliphatic heterocycles. The fourth-order valence-corrected chi connectivity index (χ4v) is 14.0. The molecule has 5 aromatic heterocycles. The predicted molar refractivity (Wildman–Crippen MR) is 371 cm³/mol. The van der Waals surface area contributed by atoms with E-state index in [-0.39, 0.29) is 39.8 Å². The first kappa shape index (κ1) is 65.1. The number of sulfonamides is 3. The van der Waals surface area contributed by atoms with Crippen LogP contribution in [-0.4, -0.2) is 71.0 Å². The van der Waals surface area contributed by atoms with E-state index in [1.54, 1.807) is 88.5 Å². The van der Waals surface area contributed by atoms with Crippen molar-refractivity contribution >= 4 is 160 Å². The molecule has 0 amide bonds. The molecule has 0 fully saturated rings. The normalized spacial score (nSPS) is 11.6. The molecule has 484 valence electrons. The Morgan fingerprint density at radius 2 is 0.771 bits per heavy atom. The lowest BCUT2D eigenvalue weighted by molar-refractivity contribution is 0.415.